The quantitative estimate of drug-likeness (QED) is 0.306. The minimum atomic E-state index is -0.583. The van der Waals surface area contributed by atoms with Crippen LogP contribution in [0.3, 0.4) is 0 Å². The Bertz CT molecular complexity index is 1450. The largest absolute Gasteiger partial charge is 0.507 e. The number of β-amino-alcohol motifs (C(OH)–C–C–N with tert-alkyl or cyclic N) is 1. The van der Waals surface area contributed by atoms with Gasteiger partial charge in [-0.2, -0.15) is 5.10 Å². The van der Waals surface area contributed by atoms with Crippen molar-refractivity contribution in [3.63, 3.8) is 0 Å². The third-order valence-corrected chi connectivity index (χ3v) is 6.88. The molecule has 1 aliphatic rings. The fourth-order valence-corrected chi connectivity index (χ4v) is 4.82. The van der Waals surface area contributed by atoms with Gasteiger partial charge in [-0.3, -0.25) is 9.89 Å². The number of aliphatic hydroxyl groups is 1. The Labute approximate surface area is 219 Å². The van der Waals surface area contributed by atoms with Gasteiger partial charge in [-0.15, -0.1) is 0 Å². The SMILES string of the molecule is COc1cc(C2c3c(-c4cc(Cl)c(C)cc4O)n[nH]c3C(=O)N2CCO)ccc1OCc1ccccc1. The van der Waals surface area contributed by atoms with Crippen LogP contribution in [0.2, 0.25) is 5.02 Å². The van der Waals surface area contributed by atoms with Crippen molar-refractivity contribution in [2.75, 3.05) is 20.3 Å². The van der Waals surface area contributed by atoms with Crippen molar-refractivity contribution in [1.82, 2.24) is 15.1 Å². The number of methoxy groups -OCH3 is 1. The molecule has 5 rings (SSSR count). The number of aromatic nitrogens is 2. The van der Waals surface area contributed by atoms with Crippen molar-refractivity contribution in [1.29, 1.82) is 0 Å². The lowest BCUT2D eigenvalue weighted by atomic mass is 9.95. The number of rotatable bonds is 8. The van der Waals surface area contributed by atoms with Gasteiger partial charge >= 0.3 is 0 Å². The van der Waals surface area contributed by atoms with E-state index in [1.165, 1.54) is 0 Å². The van der Waals surface area contributed by atoms with Crippen molar-refractivity contribution >= 4 is 17.5 Å². The van der Waals surface area contributed by atoms with E-state index in [0.29, 0.717) is 45.6 Å². The van der Waals surface area contributed by atoms with Crippen LogP contribution in [-0.4, -0.2) is 51.5 Å². The fourth-order valence-electron chi connectivity index (χ4n) is 4.65. The van der Waals surface area contributed by atoms with Gasteiger partial charge in [0, 0.05) is 22.7 Å². The fraction of sp³-hybridized carbons (Fsp3) is 0.214. The monoisotopic (exact) mass is 519 g/mol. The summed E-state index contributed by atoms with van der Waals surface area (Å²) in [4.78, 5) is 14.9. The first kappa shape index (κ1) is 24.7. The van der Waals surface area contributed by atoms with Crippen LogP contribution in [0.1, 0.15) is 38.8 Å². The molecule has 1 amide bonds. The van der Waals surface area contributed by atoms with E-state index < -0.39 is 6.04 Å². The molecule has 0 saturated carbocycles. The highest BCUT2D eigenvalue weighted by atomic mass is 35.5. The van der Waals surface area contributed by atoms with Crippen LogP contribution >= 0.6 is 11.6 Å². The molecule has 0 radical (unpaired) electrons. The molecule has 2 heterocycles. The maximum Gasteiger partial charge on any atom is 0.273 e. The number of phenolic OH excluding ortho intramolecular Hbond substituents is 1. The predicted molar refractivity (Wildman–Crippen MR) is 139 cm³/mol. The summed E-state index contributed by atoms with van der Waals surface area (Å²) >= 11 is 6.36. The highest BCUT2D eigenvalue weighted by molar-refractivity contribution is 6.31. The van der Waals surface area contributed by atoms with Gasteiger partial charge in [-0.25, -0.2) is 0 Å². The van der Waals surface area contributed by atoms with E-state index in [2.05, 4.69) is 10.2 Å². The number of halogens is 1. The van der Waals surface area contributed by atoms with Gasteiger partial charge in [0.15, 0.2) is 11.5 Å². The number of phenols is 1. The number of H-pyrrole nitrogens is 1. The minimum Gasteiger partial charge on any atom is -0.507 e. The third-order valence-electron chi connectivity index (χ3n) is 6.48. The van der Waals surface area contributed by atoms with Gasteiger partial charge in [0.05, 0.1) is 19.8 Å². The molecular weight excluding hydrogens is 494 g/mol. The van der Waals surface area contributed by atoms with Gasteiger partial charge in [-0.1, -0.05) is 48.0 Å². The number of nitrogens with one attached hydrogen (secondary N) is 1. The average molecular weight is 520 g/mol. The van der Waals surface area contributed by atoms with Crippen LogP contribution in [0, 0.1) is 6.92 Å². The van der Waals surface area contributed by atoms with Crippen LogP contribution < -0.4 is 9.47 Å². The van der Waals surface area contributed by atoms with E-state index in [1.54, 1.807) is 37.1 Å². The zero-order valence-electron chi connectivity index (χ0n) is 20.4. The lowest BCUT2D eigenvalue weighted by Crippen LogP contribution is -2.32. The molecule has 1 aliphatic heterocycles. The van der Waals surface area contributed by atoms with Crippen LogP contribution in [-0.2, 0) is 6.61 Å². The highest BCUT2D eigenvalue weighted by Gasteiger charge is 2.42. The Morgan fingerprint density at radius 1 is 1.11 bits per heavy atom. The molecule has 37 heavy (non-hydrogen) atoms. The summed E-state index contributed by atoms with van der Waals surface area (Å²) in [5, 5.41) is 28.1. The average Bonchev–Trinajstić information content (AvgIpc) is 3.44. The normalized spacial score (nSPS) is 14.6. The number of ether oxygens (including phenoxy) is 2. The number of carbonyl (C=O) groups is 1. The number of carbonyl (C=O) groups excluding carboxylic acids is 1. The Morgan fingerprint density at radius 2 is 1.89 bits per heavy atom. The third kappa shape index (κ3) is 4.50. The molecule has 3 aromatic carbocycles. The Morgan fingerprint density at radius 3 is 2.62 bits per heavy atom. The molecule has 0 spiro atoms. The summed E-state index contributed by atoms with van der Waals surface area (Å²) in [7, 11) is 1.56. The number of aromatic amines is 1. The van der Waals surface area contributed by atoms with Gasteiger partial charge in [0.1, 0.15) is 23.7 Å². The molecule has 1 unspecified atom stereocenters. The molecular formula is C28H26ClN3O5. The predicted octanol–water partition coefficient (Wildman–Crippen LogP) is 4.87. The lowest BCUT2D eigenvalue weighted by Gasteiger charge is -2.26. The van der Waals surface area contributed by atoms with E-state index in [0.717, 1.165) is 16.7 Å². The number of nitrogens with zero attached hydrogens (tertiary/aromatic N) is 2. The smallest absolute Gasteiger partial charge is 0.273 e. The Hall–Kier alpha value is -4.01. The van der Waals surface area contributed by atoms with Crippen molar-refractivity contribution in [3.8, 4) is 28.5 Å². The molecule has 0 saturated heterocycles. The maximum atomic E-state index is 13.3. The van der Waals surface area contributed by atoms with Crippen LogP contribution in [0.5, 0.6) is 17.2 Å². The number of aryl methyl sites for hydroxylation is 1. The van der Waals surface area contributed by atoms with Gasteiger partial charge < -0.3 is 24.6 Å². The molecule has 190 valence electrons. The molecule has 3 N–H and O–H groups in total. The maximum absolute atomic E-state index is 13.3. The van der Waals surface area contributed by atoms with E-state index in [-0.39, 0.29) is 24.8 Å². The number of hydrogen-bond acceptors (Lipinski definition) is 6. The van der Waals surface area contributed by atoms with Crippen molar-refractivity contribution < 1.29 is 24.5 Å². The van der Waals surface area contributed by atoms with E-state index in [1.807, 2.05) is 42.5 Å². The standard InChI is InChI=1S/C28H26ClN3O5/c1-16-12-21(34)19(14-20(16)29)25-24-26(31-30-25)28(35)32(10-11-33)27(24)18-8-9-22(23(13-18)36-2)37-15-17-6-4-3-5-7-17/h3-9,12-14,27,33-34H,10-11,15H2,1-2H3,(H,30,31). The summed E-state index contributed by atoms with van der Waals surface area (Å²) in [6, 6.07) is 17.9. The molecule has 0 fully saturated rings. The second kappa shape index (κ2) is 10.2. The number of hydrogen-bond donors (Lipinski definition) is 3. The lowest BCUT2D eigenvalue weighted by molar-refractivity contribution is 0.0706. The first-order valence-electron chi connectivity index (χ1n) is 11.8. The van der Waals surface area contributed by atoms with Crippen molar-refractivity contribution in [3.05, 3.63) is 93.6 Å². The van der Waals surface area contributed by atoms with Crippen molar-refractivity contribution in [2.45, 2.75) is 19.6 Å². The topological polar surface area (TPSA) is 108 Å². The van der Waals surface area contributed by atoms with Crippen molar-refractivity contribution in [2.24, 2.45) is 0 Å². The molecule has 4 aromatic rings. The first-order chi connectivity index (χ1) is 17.9. The van der Waals surface area contributed by atoms with Gasteiger partial charge in [0.25, 0.3) is 5.91 Å². The van der Waals surface area contributed by atoms with E-state index in [9.17, 15) is 15.0 Å². The zero-order chi connectivity index (χ0) is 26.1. The molecule has 1 atom stereocenters. The molecule has 0 bridgehead atoms. The molecule has 1 aromatic heterocycles. The zero-order valence-corrected chi connectivity index (χ0v) is 21.1. The van der Waals surface area contributed by atoms with Gasteiger partial charge in [-0.05, 0) is 47.9 Å². The number of fused-ring (bicyclic) bond motifs is 1. The summed E-state index contributed by atoms with van der Waals surface area (Å²) in [6.45, 7) is 2.06. The molecule has 9 heteroatoms. The van der Waals surface area contributed by atoms with Crippen LogP contribution in [0.15, 0.2) is 60.7 Å². The summed E-state index contributed by atoms with van der Waals surface area (Å²) in [5.74, 6) is 0.771. The van der Waals surface area contributed by atoms with E-state index >= 15 is 0 Å². The Kier molecular flexibility index (Phi) is 6.78. The summed E-state index contributed by atoms with van der Waals surface area (Å²) in [6.07, 6.45) is 0. The number of aliphatic hydroxyl groups excluding tert-OH is 1. The van der Waals surface area contributed by atoms with Crippen LogP contribution in [0.4, 0.5) is 0 Å². The number of aromatic hydroxyl groups is 1. The van der Waals surface area contributed by atoms with Crippen LogP contribution in [0.25, 0.3) is 11.3 Å². The Balaban J connectivity index is 1.57. The van der Waals surface area contributed by atoms with Gasteiger partial charge in [0.2, 0.25) is 0 Å². The second-order valence-corrected chi connectivity index (χ2v) is 9.20. The minimum absolute atomic E-state index is 0.00486. The number of benzene rings is 3. The van der Waals surface area contributed by atoms with E-state index in [4.69, 9.17) is 21.1 Å². The second-order valence-electron chi connectivity index (χ2n) is 8.79. The highest BCUT2D eigenvalue weighted by Crippen LogP contribution is 2.46. The molecule has 0 aliphatic carbocycles. The summed E-state index contributed by atoms with van der Waals surface area (Å²) < 4.78 is 11.6. The first-order valence-corrected chi connectivity index (χ1v) is 12.1. The summed E-state index contributed by atoms with van der Waals surface area (Å²) in [5.41, 5.74) is 4.20. The molecule has 8 nitrogen and oxygen atoms in total. The number of amides is 1.